The molecule has 0 saturated heterocycles. The summed E-state index contributed by atoms with van der Waals surface area (Å²) in [5.41, 5.74) is 0.212. The Hall–Kier alpha value is -1.76. The lowest BCUT2D eigenvalue weighted by atomic mass is 10.4. The van der Waals surface area contributed by atoms with E-state index in [1.807, 2.05) is 0 Å². The van der Waals surface area contributed by atoms with Crippen LogP contribution in [0.15, 0.2) is 12.4 Å². The predicted molar refractivity (Wildman–Crippen MR) is 47.3 cm³/mol. The Morgan fingerprint density at radius 2 is 2.54 bits per heavy atom. The number of aromatic carboxylic acids is 1. The molecule has 0 bridgehead atoms. The fourth-order valence-electron chi connectivity index (χ4n) is 0.892. The molecule has 0 aliphatic carbocycles. The molecule has 1 N–H and O–H groups in total. The van der Waals surface area contributed by atoms with E-state index in [0.717, 1.165) is 0 Å². The first-order valence-electron chi connectivity index (χ1n) is 3.89. The number of rotatable bonds is 3. The average molecular weight is 178 g/mol. The minimum atomic E-state index is -0.951. The van der Waals surface area contributed by atoms with Gasteiger partial charge in [0.1, 0.15) is 0 Å². The van der Waals surface area contributed by atoms with Crippen LogP contribution in [-0.4, -0.2) is 20.9 Å². The van der Waals surface area contributed by atoms with E-state index in [1.54, 1.807) is 11.6 Å². The minimum Gasteiger partial charge on any atom is -0.478 e. The molecular weight excluding hydrogens is 168 g/mol. The number of hydrogen-bond donors (Lipinski definition) is 1. The Morgan fingerprint density at radius 3 is 3.08 bits per heavy atom. The van der Waals surface area contributed by atoms with E-state index >= 15 is 0 Å². The normalized spacial score (nSPS) is 9.00. The highest BCUT2D eigenvalue weighted by atomic mass is 16.4. The highest BCUT2D eigenvalue weighted by molar-refractivity contribution is 5.86. The second-order valence-corrected chi connectivity index (χ2v) is 2.47. The fraction of sp³-hybridized carbons (Fsp3) is 0.333. The van der Waals surface area contributed by atoms with Crippen molar-refractivity contribution in [1.82, 2.24) is 9.78 Å². The Kier molecular flexibility index (Phi) is 3.09. The van der Waals surface area contributed by atoms with E-state index in [0.29, 0.717) is 13.0 Å². The number of aryl methyl sites for hydroxylation is 1. The lowest BCUT2D eigenvalue weighted by Crippen LogP contribution is -1.97. The molecule has 1 heterocycles. The standard InChI is InChI=1S/C9H10N2O2/c1-2-3-4-5-11-7-8(6-10-11)9(12)13/h6-7H,4-5H2,1H3,(H,12,13). The molecule has 0 aliphatic heterocycles. The first-order valence-corrected chi connectivity index (χ1v) is 3.89. The summed E-state index contributed by atoms with van der Waals surface area (Å²) in [5, 5.41) is 12.5. The monoisotopic (exact) mass is 178 g/mol. The quantitative estimate of drug-likeness (QED) is 0.702. The molecule has 0 unspecified atom stereocenters. The van der Waals surface area contributed by atoms with E-state index in [9.17, 15) is 4.79 Å². The maximum absolute atomic E-state index is 10.5. The van der Waals surface area contributed by atoms with Crippen LogP contribution in [0.5, 0.6) is 0 Å². The van der Waals surface area contributed by atoms with Crippen LogP contribution in [0, 0.1) is 11.8 Å². The molecule has 4 nitrogen and oxygen atoms in total. The molecule has 0 atom stereocenters. The molecule has 68 valence electrons. The highest BCUT2D eigenvalue weighted by Gasteiger charge is 2.04. The van der Waals surface area contributed by atoms with Gasteiger partial charge < -0.3 is 5.11 Å². The average Bonchev–Trinajstić information content (AvgIpc) is 2.53. The van der Waals surface area contributed by atoms with Gasteiger partial charge in [0.25, 0.3) is 0 Å². The van der Waals surface area contributed by atoms with Gasteiger partial charge in [0.05, 0.1) is 18.3 Å². The van der Waals surface area contributed by atoms with Crippen molar-refractivity contribution in [2.45, 2.75) is 19.9 Å². The summed E-state index contributed by atoms with van der Waals surface area (Å²) in [6.07, 6.45) is 3.53. The van der Waals surface area contributed by atoms with Crippen molar-refractivity contribution in [2.75, 3.05) is 0 Å². The second-order valence-electron chi connectivity index (χ2n) is 2.47. The van der Waals surface area contributed by atoms with Crippen LogP contribution in [0.4, 0.5) is 0 Å². The van der Waals surface area contributed by atoms with Gasteiger partial charge in [-0.1, -0.05) is 0 Å². The third kappa shape index (κ3) is 2.64. The topological polar surface area (TPSA) is 55.1 Å². The maximum atomic E-state index is 10.5. The Labute approximate surface area is 76.2 Å². The van der Waals surface area contributed by atoms with Gasteiger partial charge in [0.15, 0.2) is 0 Å². The number of nitrogens with zero attached hydrogens (tertiary/aromatic N) is 2. The van der Waals surface area contributed by atoms with Crippen molar-refractivity contribution in [3.05, 3.63) is 18.0 Å². The van der Waals surface area contributed by atoms with Gasteiger partial charge in [0.2, 0.25) is 0 Å². The fourth-order valence-corrected chi connectivity index (χ4v) is 0.892. The smallest absolute Gasteiger partial charge is 0.338 e. The zero-order valence-electron chi connectivity index (χ0n) is 7.32. The molecule has 0 spiro atoms. The van der Waals surface area contributed by atoms with Gasteiger partial charge in [-0.2, -0.15) is 5.10 Å². The molecule has 1 aromatic rings. The zero-order valence-corrected chi connectivity index (χ0v) is 7.32. The van der Waals surface area contributed by atoms with Crippen molar-refractivity contribution >= 4 is 5.97 Å². The summed E-state index contributed by atoms with van der Waals surface area (Å²) >= 11 is 0. The first kappa shape index (κ1) is 9.33. The van der Waals surface area contributed by atoms with Gasteiger partial charge in [0, 0.05) is 12.6 Å². The molecule has 0 amide bonds. The third-order valence-corrected chi connectivity index (χ3v) is 1.52. The minimum absolute atomic E-state index is 0.212. The molecule has 0 saturated carbocycles. The Balaban J connectivity index is 2.57. The van der Waals surface area contributed by atoms with E-state index in [-0.39, 0.29) is 5.56 Å². The van der Waals surface area contributed by atoms with Crippen molar-refractivity contribution in [2.24, 2.45) is 0 Å². The summed E-state index contributed by atoms with van der Waals surface area (Å²) in [5.74, 6) is 4.69. The van der Waals surface area contributed by atoms with Crippen LogP contribution in [0.3, 0.4) is 0 Å². The van der Waals surface area contributed by atoms with Gasteiger partial charge in [-0.25, -0.2) is 4.79 Å². The van der Waals surface area contributed by atoms with Crippen LogP contribution in [0.25, 0.3) is 0 Å². The van der Waals surface area contributed by atoms with E-state index in [2.05, 4.69) is 16.9 Å². The molecule has 0 fully saturated rings. The van der Waals surface area contributed by atoms with Crippen LogP contribution in [0.1, 0.15) is 23.7 Å². The molecular formula is C9H10N2O2. The summed E-state index contributed by atoms with van der Waals surface area (Å²) in [6.45, 7) is 2.40. The van der Waals surface area contributed by atoms with Crippen LogP contribution in [0.2, 0.25) is 0 Å². The summed E-state index contributed by atoms with van der Waals surface area (Å²) in [4.78, 5) is 10.5. The number of carbonyl (C=O) groups is 1. The molecule has 13 heavy (non-hydrogen) atoms. The van der Waals surface area contributed by atoms with Gasteiger partial charge >= 0.3 is 5.97 Å². The maximum Gasteiger partial charge on any atom is 0.338 e. The van der Waals surface area contributed by atoms with E-state index in [1.165, 1.54) is 12.4 Å². The third-order valence-electron chi connectivity index (χ3n) is 1.52. The molecule has 1 rings (SSSR count). The zero-order chi connectivity index (χ0) is 9.68. The first-order chi connectivity index (χ1) is 6.24. The summed E-state index contributed by atoms with van der Waals surface area (Å²) < 4.78 is 1.58. The second kappa shape index (κ2) is 4.31. The number of aromatic nitrogens is 2. The van der Waals surface area contributed by atoms with Gasteiger partial charge in [-0.3, -0.25) is 4.68 Å². The van der Waals surface area contributed by atoms with Gasteiger partial charge in [-0.05, 0) is 6.92 Å². The van der Waals surface area contributed by atoms with Crippen LogP contribution < -0.4 is 0 Å². The molecule has 1 aromatic heterocycles. The molecule has 0 aromatic carbocycles. The van der Waals surface area contributed by atoms with E-state index in [4.69, 9.17) is 5.11 Å². The van der Waals surface area contributed by atoms with Crippen molar-refractivity contribution in [3.63, 3.8) is 0 Å². The van der Waals surface area contributed by atoms with Crippen molar-refractivity contribution < 1.29 is 9.90 Å². The highest BCUT2D eigenvalue weighted by Crippen LogP contribution is 1.97. The molecule has 0 aliphatic rings. The Bertz CT molecular complexity index is 357. The predicted octanol–water partition coefficient (Wildman–Crippen LogP) is 0.995. The van der Waals surface area contributed by atoms with Crippen LogP contribution in [-0.2, 0) is 6.54 Å². The summed E-state index contributed by atoms with van der Waals surface area (Å²) in [7, 11) is 0. The molecule has 0 radical (unpaired) electrons. The lowest BCUT2D eigenvalue weighted by molar-refractivity contribution is 0.0697. The number of carboxylic acids is 1. The summed E-state index contributed by atoms with van der Waals surface area (Å²) in [6, 6.07) is 0. The SMILES string of the molecule is CC#CCCn1cc(C(=O)O)cn1. The largest absolute Gasteiger partial charge is 0.478 e. The van der Waals surface area contributed by atoms with Crippen molar-refractivity contribution in [1.29, 1.82) is 0 Å². The van der Waals surface area contributed by atoms with Crippen molar-refractivity contribution in [3.8, 4) is 11.8 Å². The molecule has 4 heteroatoms. The van der Waals surface area contributed by atoms with Gasteiger partial charge in [-0.15, -0.1) is 11.8 Å². The Morgan fingerprint density at radius 1 is 1.77 bits per heavy atom. The number of hydrogen-bond acceptors (Lipinski definition) is 2. The van der Waals surface area contributed by atoms with Crippen LogP contribution >= 0.6 is 0 Å². The number of carboxylic acid groups (broad SMARTS) is 1. The lowest BCUT2D eigenvalue weighted by Gasteiger charge is -1.93. The van der Waals surface area contributed by atoms with E-state index < -0.39 is 5.97 Å².